The molecule has 1 spiro atoms. The Morgan fingerprint density at radius 1 is 1.00 bits per heavy atom. The van der Waals surface area contributed by atoms with Gasteiger partial charge in [-0.2, -0.15) is 0 Å². The van der Waals surface area contributed by atoms with Gasteiger partial charge in [0.25, 0.3) is 0 Å². The van der Waals surface area contributed by atoms with Gasteiger partial charge < -0.3 is 5.32 Å². The molecule has 1 nitrogen and oxygen atoms in total. The Hall–Kier alpha value is -0.0400. The predicted molar refractivity (Wildman–Crippen MR) is 52.4 cm³/mol. The molecular weight excluding hydrogens is 158 g/mol. The van der Waals surface area contributed by atoms with Crippen molar-refractivity contribution in [3.05, 3.63) is 0 Å². The molecule has 72 valence electrons. The lowest BCUT2D eigenvalue weighted by atomic mass is 9.49. The van der Waals surface area contributed by atoms with E-state index < -0.39 is 0 Å². The average molecular weight is 177 g/mol. The quantitative estimate of drug-likeness (QED) is 0.598. The van der Waals surface area contributed by atoms with E-state index in [1.54, 1.807) is 19.3 Å². The van der Waals surface area contributed by atoms with Crippen LogP contribution in [0.1, 0.15) is 38.5 Å². The molecule has 4 aliphatic carbocycles. The lowest BCUT2D eigenvalue weighted by Gasteiger charge is -2.59. The van der Waals surface area contributed by atoms with Gasteiger partial charge in [0.05, 0.1) is 0 Å². The molecule has 1 N–H and O–H groups in total. The fourth-order valence-corrected chi connectivity index (χ4v) is 5.41. The third kappa shape index (κ3) is 0.782. The second kappa shape index (κ2) is 2.13. The molecule has 0 aromatic rings. The van der Waals surface area contributed by atoms with Gasteiger partial charge in [-0.1, -0.05) is 0 Å². The maximum absolute atomic E-state index is 3.86. The molecule has 13 heavy (non-hydrogen) atoms. The molecule has 3 atom stereocenters. The van der Waals surface area contributed by atoms with E-state index in [0.717, 1.165) is 23.7 Å². The van der Waals surface area contributed by atoms with Gasteiger partial charge in [0.1, 0.15) is 0 Å². The van der Waals surface area contributed by atoms with Gasteiger partial charge >= 0.3 is 0 Å². The summed E-state index contributed by atoms with van der Waals surface area (Å²) < 4.78 is 0. The third-order valence-electron chi connectivity index (χ3n) is 5.46. The molecule has 3 unspecified atom stereocenters. The summed E-state index contributed by atoms with van der Waals surface area (Å²) in [6.45, 7) is 1.32. The Balaban J connectivity index is 1.80. The van der Waals surface area contributed by atoms with E-state index >= 15 is 0 Å². The monoisotopic (exact) mass is 177 g/mol. The normalized spacial score (nSPS) is 62.8. The molecule has 1 heteroatoms. The Kier molecular flexibility index (Phi) is 1.19. The minimum absolute atomic E-state index is 0.661. The van der Waals surface area contributed by atoms with Crippen molar-refractivity contribution >= 4 is 0 Å². The zero-order chi connectivity index (χ0) is 8.47. The van der Waals surface area contributed by atoms with E-state index in [1.807, 2.05) is 0 Å². The van der Waals surface area contributed by atoms with Gasteiger partial charge in [0, 0.05) is 5.54 Å². The van der Waals surface area contributed by atoms with Crippen LogP contribution >= 0.6 is 0 Å². The highest BCUT2D eigenvalue weighted by Gasteiger charge is 2.58. The smallest absolute Gasteiger partial charge is 0.0218 e. The first-order valence-corrected chi connectivity index (χ1v) is 6.11. The van der Waals surface area contributed by atoms with Crippen molar-refractivity contribution in [2.75, 3.05) is 6.54 Å². The van der Waals surface area contributed by atoms with Crippen LogP contribution < -0.4 is 5.32 Å². The number of hydrogen-bond donors (Lipinski definition) is 1. The van der Waals surface area contributed by atoms with Crippen LogP contribution in [0.5, 0.6) is 0 Å². The van der Waals surface area contributed by atoms with Gasteiger partial charge in [0.2, 0.25) is 0 Å². The molecule has 5 aliphatic rings. The summed E-state index contributed by atoms with van der Waals surface area (Å²) in [6, 6.07) is 0. The van der Waals surface area contributed by atoms with Gasteiger partial charge in [-0.25, -0.2) is 0 Å². The summed E-state index contributed by atoms with van der Waals surface area (Å²) in [4.78, 5) is 0. The SMILES string of the molecule is C1CC2C3CC4CC(C3)CC2(C4)N1. The largest absolute Gasteiger partial charge is 0.311 e. The van der Waals surface area contributed by atoms with Crippen molar-refractivity contribution in [1.29, 1.82) is 0 Å². The summed E-state index contributed by atoms with van der Waals surface area (Å²) in [5.74, 6) is 4.43. The zero-order valence-electron chi connectivity index (χ0n) is 8.26. The molecule has 0 radical (unpaired) electrons. The van der Waals surface area contributed by atoms with Crippen LogP contribution in [-0.2, 0) is 0 Å². The second-order valence-corrected chi connectivity index (χ2v) is 6.09. The first-order valence-electron chi connectivity index (χ1n) is 6.11. The highest BCUT2D eigenvalue weighted by molar-refractivity contribution is 5.13. The van der Waals surface area contributed by atoms with E-state index in [1.165, 1.54) is 25.8 Å². The lowest BCUT2D eigenvalue weighted by Crippen LogP contribution is -2.59. The van der Waals surface area contributed by atoms with Crippen molar-refractivity contribution in [1.82, 2.24) is 5.32 Å². The summed E-state index contributed by atoms with van der Waals surface area (Å²) in [7, 11) is 0. The highest BCUT2D eigenvalue weighted by atomic mass is 15.0. The van der Waals surface area contributed by atoms with Crippen molar-refractivity contribution in [3.63, 3.8) is 0 Å². The molecule has 1 saturated heterocycles. The molecule has 5 fully saturated rings. The van der Waals surface area contributed by atoms with Gasteiger partial charge in [-0.15, -0.1) is 0 Å². The first-order chi connectivity index (χ1) is 6.36. The third-order valence-corrected chi connectivity index (χ3v) is 5.46. The fourth-order valence-electron chi connectivity index (χ4n) is 5.41. The van der Waals surface area contributed by atoms with Crippen molar-refractivity contribution in [2.45, 2.75) is 44.1 Å². The summed E-state index contributed by atoms with van der Waals surface area (Å²) in [6.07, 6.45) is 9.31. The maximum atomic E-state index is 3.86. The van der Waals surface area contributed by atoms with Crippen LogP contribution in [0.25, 0.3) is 0 Å². The lowest BCUT2D eigenvalue weighted by molar-refractivity contribution is -0.0507. The number of nitrogens with one attached hydrogen (secondary N) is 1. The molecule has 4 bridgehead atoms. The second-order valence-electron chi connectivity index (χ2n) is 6.09. The van der Waals surface area contributed by atoms with Crippen LogP contribution in [-0.4, -0.2) is 12.1 Å². The van der Waals surface area contributed by atoms with Gasteiger partial charge in [-0.3, -0.25) is 0 Å². The van der Waals surface area contributed by atoms with Crippen LogP contribution in [0.3, 0.4) is 0 Å². The van der Waals surface area contributed by atoms with E-state index in [2.05, 4.69) is 5.32 Å². The van der Waals surface area contributed by atoms with E-state index in [-0.39, 0.29) is 0 Å². The summed E-state index contributed by atoms with van der Waals surface area (Å²) >= 11 is 0. The van der Waals surface area contributed by atoms with Crippen LogP contribution in [0.2, 0.25) is 0 Å². The maximum Gasteiger partial charge on any atom is 0.0218 e. The first kappa shape index (κ1) is 7.28. The Labute approximate surface area is 80.3 Å². The zero-order valence-corrected chi connectivity index (χ0v) is 8.26. The minimum atomic E-state index is 0.661. The Morgan fingerprint density at radius 2 is 1.77 bits per heavy atom. The summed E-state index contributed by atoms with van der Waals surface area (Å²) in [5.41, 5.74) is 0.661. The molecular formula is C12H19N. The van der Waals surface area contributed by atoms with E-state index in [4.69, 9.17) is 0 Å². The molecule has 0 aromatic heterocycles. The molecule has 4 saturated carbocycles. The van der Waals surface area contributed by atoms with Gasteiger partial charge in [-0.05, 0) is 68.7 Å². The van der Waals surface area contributed by atoms with Crippen molar-refractivity contribution in [2.24, 2.45) is 23.7 Å². The van der Waals surface area contributed by atoms with Crippen molar-refractivity contribution in [3.8, 4) is 0 Å². The van der Waals surface area contributed by atoms with Crippen molar-refractivity contribution < 1.29 is 0 Å². The number of hydrogen-bond acceptors (Lipinski definition) is 1. The highest BCUT2D eigenvalue weighted by Crippen LogP contribution is 2.60. The Bertz CT molecular complexity index is 234. The molecule has 0 amide bonds. The standard InChI is InChI=1S/C12H19N/c1-2-13-12-6-8-3-9(7-12)5-10(4-8)11(1)12/h8-11,13H,1-7H2. The molecule has 5 rings (SSSR count). The van der Waals surface area contributed by atoms with E-state index in [9.17, 15) is 0 Å². The summed E-state index contributed by atoms with van der Waals surface area (Å²) in [5, 5.41) is 3.86. The predicted octanol–water partition coefficient (Wildman–Crippen LogP) is 2.17. The van der Waals surface area contributed by atoms with Crippen LogP contribution in [0.15, 0.2) is 0 Å². The topological polar surface area (TPSA) is 12.0 Å². The number of rotatable bonds is 0. The molecule has 1 heterocycles. The minimum Gasteiger partial charge on any atom is -0.311 e. The van der Waals surface area contributed by atoms with Crippen LogP contribution in [0.4, 0.5) is 0 Å². The molecule has 0 aromatic carbocycles. The van der Waals surface area contributed by atoms with Gasteiger partial charge in [0.15, 0.2) is 0 Å². The molecule has 1 aliphatic heterocycles. The fraction of sp³-hybridized carbons (Fsp3) is 1.00. The van der Waals surface area contributed by atoms with E-state index in [0.29, 0.717) is 5.54 Å². The average Bonchev–Trinajstić information content (AvgIpc) is 2.46. The van der Waals surface area contributed by atoms with Crippen LogP contribution in [0, 0.1) is 23.7 Å². The Morgan fingerprint density at radius 3 is 2.54 bits per heavy atom.